The summed E-state index contributed by atoms with van der Waals surface area (Å²) in [6.07, 6.45) is 2.33. The lowest BCUT2D eigenvalue weighted by Gasteiger charge is -2.01. The van der Waals surface area contributed by atoms with Gasteiger partial charge in [0.2, 0.25) is 11.0 Å². The van der Waals surface area contributed by atoms with Crippen molar-refractivity contribution in [2.45, 2.75) is 35.8 Å². The monoisotopic (exact) mass is 345 g/mol. The molecule has 23 heavy (non-hydrogen) atoms. The number of rotatable bonds is 6. The molecule has 3 aromatic rings. The van der Waals surface area contributed by atoms with Crippen LogP contribution < -0.4 is 5.32 Å². The normalized spacial score (nSPS) is 14.1. The third-order valence-electron chi connectivity index (χ3n) is 3.41. The quantitative estimate of drug-likeness (QED) is 0.673. The first-order chi connectivity index (χ1) is 11.3. The molecule has 1 aromatic carbocycles. The molecule has 0 atom stereocenters. The van der Waals surface area contributed by atoms with Crippen LogP contribution in [-0.4, -0.2) is 20.3 Å². The van der Waals surface area contributed by atoms with Crippen LogP contribution in [0, 0.1) is 6.92 Å². The zero-order valence-electron chi connectivity index (χ0n) is 12.5. The average molecular weight is 345 g/mol. The lowest BCUT2D eigenvalue weighted by molar-refractivity contribution is 0.375. The van der Waals surface area contributed by atoms with E-state index in [9.17, 15) is 0 Å². The van der Waals surface area contributed by atoms with Crippen LogP contribution in [0.5, 0.6) is 0 Å². The van der Waals surface area contributed by atoms with E-state index in [4.69, 9.17) is 4.52 Å². The molecule has 1 aliphatic rings. The highest BCUT2D eigenvalue weighted by atomic mass is 32.2. The smallest absolute Gasteiger partial charge is 0.229 e. The molecule has 0 bridgehead atoms. The van der Waals surface area contributed by atoms with Crippen molar-refractivity contribution in [1.82, 2.24) is 20.3 Å². The highest BCUT2D eigenvalue weighted by molar-refractivity contribution is 8.00. The second-order valence-corrected chi connectivity index (χ2v) is 7.68. The molecule has 6 nitrogen and oxygen atoms in total. The standard InChI is InChI=1S/C15H15N5OS2/c1-9-3-2-4-11(7-9)16-14-18-19-15(23-14)22-8-12-17-13(21-20-12)10-5-6-10/h2-4,7,10H,5-6,8H2,1H3,(H,16,18). The fourth-order valence-electron chi connectivity index (χ4n) is 2.11. The molecule has 0 amide bonds. The fourth-order valence-corrected chi connectivity index (χ4v) is 3.73. The largest absolute Gasteiger partial charge is 0.339 e. The Morgan fingerprint density at radius 3 is 3.09 bits per heavy atom. The summed E-state index contributed by atoms with van der Waals surface area (Å²) in [5.74, 6) is 2.64. The summed E-state index contributed by atoms with van der Waals surface area (Å²) in [6.45, 7) is 2.06. The first-order valence-corrected chi connectivity index (χ1v) is 9.19. The molecular formula is C15H15N5OS2. The summed E-state index contributed by atoms with van der Waals surface area (Å²) >= 11 is 3.10. The van der Waals surface area contributed by atoms with Crippen LogP contribution in [0.2, 0.25) is 0 Å². The number of benzene rings is 1. The molecule has 0 unspecified atom stereocenters. The third kappa shape index (κ3) is 3.70. The van der Waals surface area contributed by atoms with Gasteiger partial charge in [0.1, 0.15) is 0 Å². The Bertz CT molecular complexity index is 812. The molecule has 0 radical (unpaired) electrons. The van der Waals surface area contributed by atoms with Gasteiger partial charge in [-0.2, -0.15) is 4.98 Å². The van der Waals surface area contributed by atoms with Crippen molar-refractivity contribution in [2.24, 2.45) is 0 Å². The summed E-state index contributed by atoms with van der Waals surface area (Å²) in [4.78, 5) is 4.41. The fraction of sp³-hybridized carbons (Fsp3) is 0.333. The van der Waals surface area contributed by atoms with Gasteiger partial charge in [0.25, 0.3) is 0 Å². The van der Waals surface area contributed by atoms with Gasteiger partial charge < -0.3 is 9.84 Å². The zero-order chi connectivity index (χ0) is 15.6. The molecule has 118 valence electrons. The lowest BCUT2D eigenvalue weighted by atomic mass is 10.2. The molecule has 1 N–H and O–H groups in total. The summed E-state index contributed by atoms with van der Waals surface area (Å²) < 4.78 is 6.14. The molecule has 1 fully saturated rings. The summed E-state index contributed by atoms with van der Waals surface area (Å²) in [6, 6.07) is 8.17. The number of anilines is 2. The number of aromatic nitrogens is 4. The molecule has 0 spiro atoms. The highest BCUT2D eigenvalue weighted by Crippen LogP contribution is 2.39. The van der Waals surface area contributed by atoms with E-state index in [1.54, 1.807) is 11.8 Å². The average Bonchev–Trinajstić information content (AvgIpc) is 3.11. The lowest BCUT2D eigenvalue weighted by Crippen LogP contribution is -1.89. The van der Waals surface area contributed by atoms with E-state index in [-0.39, 0.29) is 0 Å². The van der Waals surface area contributed by atoms with Gasteiger partial charge in [-0.3, -0.25) is 0 Å². The maximum Gasteiger partial charge on any atom is 0.229 e. The highest BCUT2D eigenvalue weighted by Gasteiger charge is 2.29. The van der Waals surface area contributed by atoms with Gasteiger partial charge in [-0.15, -0.1) is 10.2 Å². The van der Waals surface area contributed by atoms with Crippen molar-refractivity contribution >= 4 is 33.9 Å². The van der Waals surface area contributed by atoms with Crippen molar-refractivity contribution in [3.05, 3.63) is 41.5 Å². The van der Waals surface area contributed by atoms with Crippen LogP contribution in [0.25, 0.3) is 0 Å². The summed E-state index contributed by atoms with van der Waals surface area (Å²) in [7, 11) is 0. The van der Waals surface area contributed by atoms with E-state index in [2.05, 4.69) is 44.7 Å². The van der Waals surface area contributed by atoms with E-state index in [0.29, 0.717) is 11.7 Å². The van der Waals surface area contributed by atoms with Crippen LogP contribution >= 0.6 is 23.1 Å². The number of nitrogens with zero attached hydrogens (tertiary/aromatic N) is 4. The molecule has 2 aromatic heterocycles. The first kappa shape index (κ1) is 14.6. The first-order valence-electron chi connectivity index (χ1n) is 7.39. The van der Waals surface area contributed by atoms with Gasteiger partial charge in [0, 0.05) is 11.6 Å². The van der Waals surface area contributed by atoms with E-state index >= 15 is 0 Å². The molecular weight excluding hydrogens is 330 g/mol. The second kappa shape index (κ2) is 6.29. The molecule has 4 rings (SSSR count). The third-order valence-corrected chi connectivity index (χ3v) is 5.38. The van der Waals surface area contributed by atoms with E-state index < -0.39 is 0 Å². The van der Waals surface area contributed by atoms with Crippen LogP contribution in [0.15, 0.2) is 33.1 Å². The topological polar surface area (TPSA) is 76.7 Å². The van der Waals surface area contributed by atoms with E-state index in [1.165, 1.54) is 29.7 Å². The molecule has 1 aliphatic carbocycles. The van der Waals surface area contributed by atoms with Crippen LogP contribution in [-0.2, 0) is 5.75 Å². The van der Waals surface area contributed by atoms with Crippen LogP contribution in [0.4, 0.5) is 10.8 Å². The van der Waals surface area contributed by atoms with Gasteiger partial charge in [-0.05, 0) is 37.5 Å². The molecule has 8 heteroatoms. The van der Waals surface area contributed by atoms with Crippen molar-refractivity contribution in [3.8, 4) is 0 Å². The second-order valence-electron chi connectivity index (χ2n) is 5.48. The maximum absolute atomic E-state index is 5.25. The number of thioether (sulfide) groups is 1. The van der Waals surface area contributed by atoms with Crippen molar-refractivity contribution < 1.29 is 4.52 Å². The Balaban J connectivity index is 1.35. The van der Waals surface area contributed by atoms with Crippen LogP contribution in [0.1, 0.15) is 36.0 Å². The van der Waals surface area contributed by atoms with Gasteiger partial charge in [-0.1, -0.05) is 40.4 Å². The summed E-state index contributed by atoms with van der Waals surface area (Å²) in [5, 5.41) is 16.4. The van der Waals surface area contributed by atoms with Crippen molar-refractivity contribution in [1.29, 1.82) is 0 Å². The number of aryl methyl sites for hydroxylation is 1. The SMILES string of the molecule is Cc1cccc(Nc2nnc(SCc3noc(C4CC4)n3)s2)c1. The zero-order valence-corrected chi connectivity index (χ0v) is 14.2. The van der Waals surface area contributed by atoms with E-state index in [1.807, 2.05) is 12.1 Å². The van der Waals surface area contributed by atoms with Gasteiger partial charge in [0.15, 0.2) is 10.2 Å². The maximum atomic E-state index is 5.25. The molecule has 0 aliphatic heterocycles. The number of hydrogen-bond donors (Lipinski definition) is 1. The minimum absolute atomic E-state index is 0.493. The van der Waals surface area contributed by atoms with Gasteiger partial charge >= 0.3 is 0 Å². The minimum Gasteiger partial charge on any atom is -0.339 e. The molecule has 1 saturated carbocycles. The Morgan fingerprint density at radius 2 is 2.26 bits per heavy atom. The Hall–Kier alpha value is -1.93. The number of hydrogen-bond acceptors (Lipinski definition) is 8. The van der Waals surface area contributed by atoms with Crippen LogP contribution in [0.3, 0.4) is 0 Å². The van der Waals surface area contributed by atoms with E-state index in [0.717, 1.165) is 26.9 Å². The summed E-state index contributed by atoms with van der Waals surface area (Å²) in [5.41, 5.74) is 2.22. The number of nitrogens with one attached hydrogen (secondary N) is 1. The predicted molar refractivity (Wildman–Crippen MR) is 90.2 cm³/mol. The minimum atomic E-state index is 0.493. The van der Waals surface area contributed by atoms with Gasteiger partial charge in [-0.25, -0.2) is 0 Å². The van der Waals surface area contributed by atoms with Crippen molar-refractivity contribution in [3.63, 3.8) is 0 Å². The molecule has 0 saturated heterocycles. The predicted octanol–water partition coefficient (Wildman–Crippen LogP) is 4.14. The Kier molecular flexibility index (Phi) is 4.00. The Morgan fingerprint density at radius 1 is 1.35 bits per heavy atom. The van der Waals surface area contributed by atoms with Gasteiger partial charge in [0.05, 0.1) is 5.75 Å². The molecule has 2 heterocycles. The Labute approximate surface area is 141 Å². The van der Waals surface area contributed by atoms with Crippen molar-refractivity contribution in [2.75, 3.05) is 5.32 Å².